The SMILES string of the molecule is C[C@H](O)C/C(C(=O)O)=C1/CC[C@]2(N=C(N)N)C=C[C@@]3(C[C@@]4(O)C=C[C@]5(O)C6=C7C(=O)C[C@@]3(C)[C@]64CCC#CC[C@]3(C)C(=O)CC[C@@]7(C)[C@@H]3[C@@H]5C3=Cc4ccccc4CC3)[C@H](C)[C@@H]2[C@@H]1O. The van der Waals surface area contributed by atoms with Crippen molar-refractivity contribution < 1.29 is 39.9 Å². The molecule has 1 aromatic carbocycles. The van der Waals surface area contributed by atoms with Crippen LogP contribution in [-0.4, -0.2) is 78.0 Å². The van der Waals surface area contributed by atoms with Crippen molar-refractivity contribution in [3.05, 3.63) is 87.6 Å². The Morgan fingerprint density at radius 3 is 2.42 bits per heavy atom. The Labute approximate surface area is 375 Å². The van der Waals surface area contributed by atoms with Gasteiger partial charge in [0.1, 0.15) is 11.4 Å². The molecule has 11 heteroatoms. The van der Waals surface area contributed by atoms with E-state index in [4.69, 9.17) is 16.5 Å². The molecule has 14 atom stereocenters. The Balaban J connectivity index is 1.26. The Bertz CT molecular complexity index is 2570. The molecular weight excluding hydrogens is 807 g/mol. The van der Waals surface area contributed by atoms with Gasteiger partial charge in [-0.1, -0.05) is 81.8 Å². The van der Waals surface area contributed by atoms with Crippen LogP contribution >= 0.6 is 0 Å². The molecule has 338 valence electrons. The molecule has 1 aromatic rings. The number of hydrogen-bond acceptors (Lipinski definition) is 8. The van der Waals surface area contributed by atoms with Crippen LogP contribution in [0, 0.1) is 62.6 Å². The maximum Gasteiger partial charge on any atom is 0.331 e. The molecule has 2 spiro atoms. The maximum atomic E-state index is 15.9. The fraction of sp³-hybridized carbons (Fsp3) is 0.585. The van der Waals surface area contributed by atoms with Gasteiger partial charge in [-0.2, -0.15) is 0 Å². The molecule has 0 saturated heterocycles. The third-order valence-corrected chi connectivity index (χ3v) is 19.3. The van der Waals surface area contributed by atoms with E-state index in [1.165, 1.54) is 12.5 Å². The lowest BCUT2D eigenvalue weighted by molar-refractivity contribution is -0.171. The number of aliphatic carboxylic acids is 1. The van der Waals surface area contributed by atoms with E-state index in [2.05, 4.69) is 50.0 Å². The summed E-state index contributed by atoms with van der Waals surface area (Å²) in [5.74, 6) is 3.01. The highest BCUT2D eigenvalue weighted by atomic mass is 16.4. The summed E-state index contributed by atoms with van der Waals surface area (Å²) in [7, 11) is 0. The number of carboxylic acids is 1. The van der Waals surface area contributed by atoms with Crippen molar-refractivity contribution in [2.75, 3.05) is 0 Å². The van der Waals surface area contributed by atoms with Crippen molar-refractivity contribution >= 4 is 29.6 Å². The predicted molar refractivity (Wildman–Crippen MR) is 242 cm³/mol. The average Bonchev–Trinajstić information content (AvgIpc) is 3.38. The van der Waals surface area contributed by atoms with Gasteiger partial charge in [0, 0.05) is 76.7 Å². The van der Waals surface area contributed by atoms with E-state index in [0.29, 0.717) is 42.4 Å². The van der Waals surface area contributed by atoms with Crippen LogP contribution in [0.3, 0.4) is 0 Å². The van der Waals surface area contributed by atoms with E-state index in [1.807, 2.05) is 38.1 Å². The zero-order valence-corrected chi connectivity index (χ0v) is 37.7. The summed E-state index contributed by atoms with van der Waals surface area (Å²) in [5, 5.41) is 61.9. The first kappa shape index (κ1) is 43.3. The van der Waals surface area contributed by atoms with Crippen molar-refractivity contribution in [2.45, 2.75) is 141 Å². The summed E-state index contributed by atoms with van der Waals surface area (Å²) in [6, 6.07) is 8.28. The van der Waals surface area contributed by atoms with Gasteiger partial charge >= 0.3 is 5.97 Å². The molecule has 10 rings (SSSR count). The summed E-state index contributed by atoms with van der Waals surface area (Å²) < 4.78 is 0. The van der Waals surface area contributed by atoms with Crippen molar-refractivity contribution in [1.82, 2.24) is 0 Å². The third kappa shape index (κ3) is 5.14. The number of carbonyl (C=O) groups is 3. The van der Waals surface area contributed by atoms with Crippen molar-refractivity contribution in [1.29, 1.82) is 0 Å². The van der Waals surface area contributed by atoms with Crippen LogP contribution in [0.25, 0.3) is 6.08 Å². The van der Waals surface area contributed by atoms with Gasteiger partial charge in [0.15, 0.2) is 11.7 Å². The Kier molecular flexibility index (Phi) is 9.29. The van der Waals surface area contributed by atoms with Gasteiger partial charge in [0.25, 0.3) is 0 Å². The number of hydrogen-bond donors (Lipinski definition) is 7. The Morgan fingerprint density at radius 2 is 1.70 bits per heavy atom. The normalized spacial score (nSPS) is 46.0. The molecule has 3 saturated carbocycles. The van der Waals surface area contributed by atoms with Gasteiger partial charge in [-0.3, -0.25) is 9.59 Å². The molecule has 9 N–H and O–H groups in total. The number of allylic oxidation sites excluding steroid dienone is 2. The topological polar surface area (TPSA) is 217 Å². The highest BCUT2D eigenvalue weighted by Gasteiger charge is 2.84. The van der Waals surface area contributed by atoms with Crippen LogP contribution < -0.4 is 11.5 Å². The number of fused-ring (bicyclic) bond motifs is 4. The summed E-state index contributed by atoms with van der Waals surface area (Å²) in [6.45, 7) is 9.76. The first-order chi connectivity index (χ1) is 30.1. The van der Waals surface area contributed by atoms with Crippen molar-refractivity contribution in [3.8, 4) is 11.8 Å². The quantitative estimate of drug-likeness (QED) is 0.0635. The number of nitrogens with zero attached hydrogens (tertiary/aromatic N) is 1. The Hall–Kier alpha value is -4.60. The number of aliphatic hydroxyl groups excluding tert-OH is 2. The lowest BCUT2D eigenvalue weighted by atomic mass is 9.33. The van der Waals surface area contributed by atoms with Gasteiger partial charge in [0.05, 0.1) is 23.3 Å². The number of rotatable bonds is 5. The molecule has 0 aromatic heterocycles. The fourth-order valence-corrected chi connectivity index (χ4v) is 16.9. The highest BCUT2D eigenvalue weighted by molar-refractivity contribution is 6.02. The van der Waals surface area contributed by atoms with E-state index in [-0.39, 0.29) is 68.0 Å². The number of benzene rings is 1. The predicted octanol–water partition coefficient (Wildman–Crippen LogP) is 5.65. The molecule has 4 bridgehead atoms. The number of aliphatic hydroxyl groups is 4. The number of aliphatic imine (C=N–C) groups is 1. The molecular formula is C53H63N3O8. The second kappa shape index (κ2) is 13.7. The lowest BCUT2D eigenvalue weighted by Gasteiger charge is -2.70. The number of aryl methyl sites for hydroxylation is 1. The molecule has 0 amide bonds. The zero-order valence-electron chi connectivity index (χ0n) is 37.7. The second-order valence-electron chi connectivity index (χ2n) is 22.0. The molecule has 0 radical (unpaired) electrons. The minimum Gasteiger partial charge on any atom is -0.478 e. The van der Waals surface area contributed by atoms with Crippen molar-refractivity contribution in [3.63, 3.8) is 0 Å². The van der Waals surface area contributed by atoms with Crippen LogP contribution in [0.15, 0.2) is 81.4 Å². The van der Waals surface area contributed by atoms with E-state index in [9.17, 15) is 35.1 Å². The second-order valence-corrected chi connectivity index (χ2v) is 22.0. The van der Waals surface area contributed by atoms with E-state index in [0.717, 1.165) is 17.6 Å². The van der Waals surface area contributed by atoms with Gasteiger partial charge in [0.2, 0.25) is 0 Å². The van der Waals surface area contributed by atoms with Crippen LogP contribution in [-0.2, 0) is 20.8 Å². The first-order valence-electron chi connectivity index (χ1n) is 23.4. The van der Waals surface area contributed by atoms with Gasteiger partial charge < -0.3 is 37.0 Å². The minimum atomic E-state index is -1.77. The highest BCUT2D eigenvalue weighted by Crippen LogP contribution is 2.84. The lowest BCUT2D eigenvalue weighted by Crippen LogP contribution is -2.71. The number of Topliss-reactive ketones (excluding diaryl/α,β-unsaturated/α-hetero) is 2. The van der Waals surface area contributed by atoms with Gasteiger partial charge in [-0.25, -0.2) is 9.79 Å². The third-order valence-electron chi connectivity index (χ3n) is 19.3. The van der Waals surface area contributed by atoms with Gasteiger partial charge in [-0.05, 0) is 97.5 Å². The van der Waals surface area contributed by atoms with E-state index >= 15 is 4.79 Å². The van der Waals surface area contributed by atoms with Crippen LogP contribution in [0.5, 0.6) is 0 Å². The molecule has 0 unspecified atom stereocenters. The van der Waals surface area contributed by atoms with Crippen molar-refractivity contribution in [2.24, 2.45) is 67.2 Å². The van der Waals surface area contributed by atoms with Crippen LogP contribution in [0.4, 0.5) is 0 Å². The average molecular weight is 870 g/mol. The summed E-state index contributed by atoms with van der Waals surface area (Å²) >= 11 is 0. The maximum absolute atomic E-state index is 15.9. The summed E-state index contributed by atoms with van der Waals surface area (Å²) in [4.78, 5) is 48.2. The number of carbonyl (C=O) groups excluding carboxylic acids is 2. The first-order valence-corrected chi connectivity index (χ1v) is 23.4. The molecule has 11 nitrogen and oxygen atoms in total. The molecule has 9 aliphatic carbocycles. The Morgan fingerprint density at radius 1 is 0.953 bits per heavy atom. The molecule has 0 heterocycles. The van der Waals surface area contributed by atoms with Crippen LogP contribution in [0.1, 0.15) is 116 Å². The van der Waals surface area contributed by atoms with E-state index < -0.39 is 85.7 Å². The number of guanidine groups is 1. The smallest absolute Gasteiger partial charge is 0.331 e. The fourth-order valence-electron chi connectivity index (χ4n) is 16.9. The minimum absolute atomic E-state index is 0.0249. The van der Waals surface area contributed by atoms with E-state index in [1.54, 1.807) is 6.08 Å². The monoisotopic (exact) mass is 869 g/mol. The van der Waals surface area contributed by atoms with Gasteiger partial charge in [-0.15, -0.1) is 11.8 Å². The largest absolute Gasteiger partial charge is 0.478 e. The molecule has 64 heavy (non-hydrogen) atoms. The number of nitrogens with two attached hydrogens (primary N) is 2. The number of carboxylic acid groups (broad SMARTS) is 1. The van der Waals surface area contributed by atoms with Crippen LogP contribution in [0.2, 0.25) is 0 Å². The number of ketones is 2. The standard InChI is InChI=1S/C53H63N3O8/c1-29(57)25-35(44(61)62)34-15-20-50(56-45(54)55)22-21-49(30(2)38(50)41(34)60)28-51(63)23-24-52(64)39(33-14-13-31-11-7-8-12-32(31)26-33)42-46(3)17-9-6-10-18-53(51)43(52)40(36(58)27-48(49,53)5)47(42,4)19-16-37(46)59/h7-8,11-12,21-24,26,29-30,38-39,41-42,57,60,63-64H,10,13-20,25,27-28H2,1-5H3,(H,61,62)(H4,54,55,56)/b35-34+/t29-,30+,38+,39-,41+,42+,46+,47+,48+,49+,50-,51-,52+,53-/m0/s1. The molecule has 9 aliphatic rings. The molecule has 3 fully saturated rings. The zero-order chi connectivity index (χ0) is 45.8. The summed E-state index contributed by atoms with van der Waals surface area (Å²) in [6.07, 6.45) is 11.0. The molecule has 0 aliphatic heterocycles. The summed E-state index contributed by atoms with van der Waals surface area (Å²) in [5.41, 5.74) is 7.25.